The zero-order valence-corrected chi connectivity index (χ0v) is 13.5. The zero-order chi connectivity index (χ0) is 18.1. The van der Waals surface area contributed by atoms with Gasteiger partial charge < -0.3 is 5.73 Å². The number of fused-ring (bicyclic) bond motifs is 1. The van der Waals surface area contributed by atoms with Gasteiger partial charge in [-0.15, -0.1) is 0 Å². The summed E-state index contributed by atoms with van der Waals surface area (Å²) in [5.74, 6) is -0.121. The number of rotatable bonds is 4. The third-order valence-corrected chi connectivity index (χ3v) is 4.09. The molecule has 0 aliphatic rings. The Morgan fingerprint density at radius 1 is 1.16 bits per heavy atom. The number of nitrogens with two attached hydrogens (primary N) is 1. The van der Waals surface area contributed by atoms with E-state index < -0.39 is 4.92 Å². The second kappa shape index (κ2) is 6.35. The van der Waals surface area contributed by atoms with Gasteiger partial charge in [-0.3, -0.25) is 19.5 Å². The third-order valence-electron chi connectivity index (χ3n) is 4.09. The monoisotopic (exact) mass is 341 g/mol. The molecule has 0 radical (unpaired) electrons. The van der Waals surface area contributed by atoms with Crippen molar-refractivity contribution in [3.8, 4) is 11.1 Å². The molecule has 0 spiro atoms. The van der Waals surface area contributed by atoms with Crippen molar-refractivity contribution in [1.82, 2.24) is 4.57 Å². The highest BCUT2D eigenvalue weighted by molar-refractivity contribution is 6.01. The SMILES string of the molecule is CCCn1c(N)c(-c2ccc(F)cc2)c2ccc([N+](=O)[O-])cc2c1=O. The van der Waals surface area contributed by atoms with Crippen molar-refractivity contribution in [2.24, 2.45) is 0 Å². The Balaban J connectivity index is 2.43. The van der Waals surface area contributed by atoms with Crippen molar-refractivity contribution >= 4 is 22.3 Å². The molecule has 0 aliphatic carbocycles. The molecule has 7 heteroatoms. The summed E-state index contributed by atoms with van der Waals surface area (Å²) < 4.78 is 14.7. The molecule has 0 atom stereocenters. The van der Waals surface area contributed by atoms with Gasteiger partial charge >= 0.3 is 0 Å². The molecular formula is C18H16FN3O3. The van der Waals surface area contributed by atoms with Gasteiger partial charge in [0.15, 0.2) is 0 Å². The number of hydrogen-bond acceptors (Lipinski definition) is 4. The van der Waals surface area contributed by atoms with Crippen LogP contribution in [0.15, 0.2) is 47.3 Å². The van der Waals surface area contributed by atoms with Crippen LogP contribution in [-0.4, -0.2) is 9.49 Å². The highest BCUT2D eigenvalue weighted by Gasteiger charge is 2.18. The van der Waals surface area contributed by atoms with Crippen LogP contribution in [0.2, 0.25) is 0 Å². The van der Waals surface area contributed by atoms with Crippen molar-refractivity contribution in [2.75, 3.05) is 5.73 Å². The summed E-state index contributed by atoms with van der Waals surface area (Å²) in [6.07, 6.45) is 0.674. The largest absolute Gasteiger partial charge is 0.384 e. The number of nitro groups is 1. The highest BCUT2D eigenvalue weighted by Crippen LogP contribution is 2.34. The Morgan fingerprint density at radius 2 is 1.84 bits per heavy atom. The van der Waals surface area contributed by atoms with Crippen molar-refractivity contribution in [1.29, 1.82) is 0 Å². The van der Waals surface area contributed by atoms with E-state index >= 15 is 0 Å². The minimum Gasteiger partial charge on any atom is -0.384 e. The molecule has 0 fully saturated rings. The zero-order valence-electron chi connectivity index (χ0n) is 13.5. The van der Waals surface area contributed by atoms with Crippen LogP contribution in [0.4, 0.5) is 15.9 Å². The second-order valence-electron chi connectivity index (χ2n) is 5.71. The summed E-state index contributed by atoms with van der Waals surface area (Å²) >= 11 is 0. The minimum absolute atomic E-state index is 0.164. The van der Waals surface area contributed by atoms with E-state index in [4.69, 9.17) is 5.73 Å². The maximum atomic E-state index is 13.3. The molecule has 0 bridgehead atoms. The molecule has 6 nitrogen and oxygen atoms in total. The molecule has 3 aromatic rings. The number of halogens is 1. The van der Waals surface area contributed by atoms with Crippen LogP contribution in [0.1, 0.15) is 13.3 Å². The van der Waals surface area contributed by atoms with E-state index in [9.17, 15) is 19.3 Å². The first-order chi connectivity index (χ1) is 11.9. The first-order valence-corrected chi connectivity index (χ1v) is 7.80. The standard InChI is InChI=1S/C18H16FN3O3/c1-2-9-21-17(20)16(11-3-5-12(19)6-4-11)14-8-7-13(22(24)25)10-15(14)18(21)23/h3-8,10H,2,9,20H2,1H3. The maximum absolute atomic E-state index is 13.3. The van der Waals surface area contributed by atoms with E-state index in [1.807, 2.05) is 6.92 Å². The number of non-ortho nitro benzene ring substituents is 1. The van der Waals surface area contributed by atoms with Gasteiger partial charge in [0.2, 0.25) is 0 Å². The predicted molar refractivity (Wildman–Crippen MR) is 95.0 cm³/mol. The molecule has 2 aromatic carbocycles. The molecule has 0 saturated carbocycles. The molecular weight excluding hydrogens is 325 g/mol. The van der Waals surface area contributed by atoms with E-state index in [-0.39, 0.29) is 28.3 Å². The molecule has 0 saturated heterocycles. The number of nitro benzene ring substituents is 1. The van der Waals surface area contributed by atoms with Crippen molar-refractivity contribution < 1.29 is 9.31 Å². The fourth-order valence-electron chi connectivity index (χ4n) is 2.93. The van der Waals surface area contributed by atoms with Crippen LogP contribution in [0, 0.1) is 15.9 Å². The molecule has 0 unspecified atom stereocenters. The fourth-order valence-corrected chi connectivity index (χ4v) is 2.93. The fraction of sp³-hybridized carbons (Fsp3) is 0.167. The number of pyridine rings is 1. The number of hydrogen-bond donors (Lipinski definition) is 1. The lowest BCUT2D eigenvalue weighted by Crippen LogP contribution is -2.24. The number of nitrogen functional groups attached to an aromatic ring is 1. The molecule has 0 amide bonds. The van der Waals surface area contributed by atoms with Crippen LogP contribution >= 0.6 is 0 Å². The van der Waals surface area contributed by atoms with Crippen molar-refractivity contribution in [3.63, 3.8) is 0 Å². The van der Waals surface area contributed by atoms with Gasteiger partial charge in [0.25, 0.3) is 11.2 Å². The summed E-state index contributed by atoms with van der Waals surface area (Å²) in [5.41, 5.74) is 6.91. The van der Waals surface area contributed by atoms with Crippen molar-refractivity contribution in [3.05, 3.63) is 68.7 Å². The maximum Gasteiger partial charge on any atom is 0.270 e. The second-order valence-corrected chi connectivity index (χ2v) is 5.71. The molecule has 25 heavy (non-hydrogen) atoms. The molecule has 128 valence electrons. The predicted octanol–water partition coefficient (Wildman–Crippen LogP) is 3.71. The highest BCUT2D eigenvalue weighted by atomic mass is 19.1. The molecule has 0 aliphatic heterocycles. The summed E-state index contributed by atoms with van der Waals surface area (Å²) in [6.45, 7) is 2.29. The van der Waals surface area contributed by atoms with Gasteiger partial charge in [-0.05, 0) is 35.6 Å². The van der Waals surface area contributed by atoms with E-state index in [1.54, 1.807) is 12.1 Å². The van der Waals surface area contributed by atoms with E-state index in [2.05, 4.69) is 0 Å². The number of anilines is 1. The van der Waals surface area contributed by atoms with Crippen molar-refractivity contribution in [2.45, 2.75) is 19.9 Å². The third kappa shape index (κ3) is 2.84. The Hall–Kier alpha value is -3.22. The molecule has 1 aromatic heterocycles. The molecule has 3 rings (SSSR count). The normalized spacial score (nSPS) is 11.0. The Kier molecular flexibility index (Phi) is 4.22. The topological polar surface area (TPSA) is 91.2 Å². The summed E-state index contributed by atoms with van der Waals surface area (Å²) in [4.78, 5) is 23.3. The molecule has 1 heterocycles. The van der Waals surface area contributed by atoms with Crippen LogP contribution in [0.3, 0.4) is 0 Å². The lowest BCUT2D eigenvalue weighted by atomic mass is 9.98. The molecule has 2 N–H and O–H groups in total. The van der Waals surface area contributed by atoms with E-state index in [0.29, 0.717) is 29.5 Å². The van der Waals surface area contributed by atoms with Gasteiger partial charge in [0.05, 0.1) is 10.3 Å². The summed E-state index contributed by atoms with van der Waals surface area (Å²) in [6, 6.07) is 9.86. The van der Waals surface area contributed by atoms with Gasteiger partial charge in [-0.1, -0.05) is 19.1 Å². The minimum atomic E-state index is -0.545. The van der Waals surface area contributed by atoms with Crippen LogP contribution < -0.4 is 11.3 Å². The van der Waals surface area contributed by atoms with Crippen LogP contribution in [-0.2, 0) is 6.54 Å². The average Bonchev–Trinajstić information content (AvgIpc) is 2.60. The average molecular weight is 341 g/mol. The Morgan fingerprint density at radius 3 is 2.44 bits per heavy atom. The summed E-state index contributed by atoms with van der Waals surface area (Å²) in [5, 5.41) is 11.8. The first-order valence-electron chi connectivity index (χ1n) is 7.80. The lowest BCUT2D eigenvalue weighted by Gasteiger charge is -2.16. The van der Waals surface area contributed by atoms with Gasteiger partial charge in [0.1, 0.15) is 11.6 Å². The number of aromatic nitrogens is 1. The van der Waals surface area contributed by atoms with Crippen LogP contribution in [0.25, 0.3) is 21.9 Å². The number of nitrogens with zero attached hydrogens (tertiary/aromatic N) is 2. The first kappa shape index (κ1) is 16.6. The Labute approximate surface area is 142 Å². The van der Waals surface area contributed by atoms with Crippen LogP contribution in [0.5, 0.6) is 0 Å². The van der Waals surface area contributed by atoms with Gasteiger partial charge in [-0.25, -0.2) is 4.39 Å². The van der Waals surface area contributed by atoms with Gasteiger partial charge in [0, 0.05) is 24.2 Å². The smallest absolute Gasteiger partial charge is 0.270 e. The van der Waals surface area contributed by atoms with E-state index in [0.717, 1.165) is 0 Å². The quantitative estimate of drug-likeness (QED) is 0.578. The summed E-state index contributed by atoms with van der Waals surface area (Å²) in [7, 11) is 0. The Bertz CT molecular complexity index is 1030. The lowest BCUT2D eigenvalue weighted by molar-refractivity contribution is -0.384. The van der Waals surface area contributed by atoms with Gasteiger partial charge in [-0.2, -0.15) is 0 Å². The number of benzene rings is 2. The van der Waals surface area contributed by atoms with E-state index in [1.165, 1.54) is 34.9 Å².